The number of hydrogen-bond acceptors (Lipinski definition) is 1. The average molecular weight is 364 g/mol. The molecule has 0 radical (unpaired) electrons. The molecule has 1 unspecified atom stereocenters. The maximum atomic E-state index is 4.52. The van der Waals surface area contributed by atoms with Crippen LogP contribution in [0.4, 0.5) is 0 Å². The number of aryl methyl sites for hydroxylation is 1. The zero-order valence-corrected chi connectivity index (χ0v) is 17.6. The van der Waals surface area contributed by atoms with Gasteiger partial charge in [0.25, 0.3) is 0 Å². The van der Waals surface area contributed by atoms with Gasteiger partial charge in [-0.15, -0.1) is 0 Å². The second kappa shape index (κ2) is 10.1. The van der Waals surface area contributed by atoms with Crippen molar-refractivity contribution in [3.8, 4) is 11.1 Å². The van der Waals surface area contributed by atoms with Crippen LogP contribution in [0, 0.1) is 11.8 Å². The van der Waals surface area contributed by atoms with Crippen LogP contribution < -0.4 is 0 Å². The molecule has 1 aromatic carbocycles. The average Bonchev–Trinajstić information content (AvgIpc) is 2.73. The Labute approximate surface area is 166 Å². The molecule has 3 rings (SSSR count). The summed E-state index contributed by atoms with van der Waals surface area (Å²) in [5, 5.41) is 0. The molecule has 0 spiro atoms. The van der Waals surface area contributed by atoms with Crippen molar-refractivity contribution in [1.82, 2.24) is 4.98 Å². The van der Waals surface area contributed by atoms with E-state index in [2.05, 4.69) is 62.3 Å². The van der Waals surface area contributed by atoms with E-state index in [4.69, 9.17) is 0 Å². The first-order valence-electron chi connectivity index (χ1n) is 11.3. The molecule has 1 atom stereocenters. The minimum absolute atomic E-state index is 0.593. The lowest BCUT2D eigenvalue weighted by Gasteiger charge is -2.33. The third-order valence-corrected chi connectivity index (χ3v) is 6.75. The zero-order chi connectivity index (χ0) is 19.1. The molecular formula is C26H37N. The highest BCUT2D eigenvalue weighted by Crippen LogP contribution is 2.42. The molecule has 0 amide bonds. The predicted octanol–water partition coefficient (Wildman–Crippen LogP) is 7.80. The predicted molar refractivity (Wildman–Crippen MR) is 117 cm³/mol. The van der Waals surface area contributed by atoms with Crippen LogP contribution >= 0.6 is 0 Å². The third kappa shape index (κ3) is 5.00. The Morgan fingerprint density at radius 2 is 1.74 bits per heavy atom. The fourth-order valence-electron chi connectivity index (χ4n) is 5.02. The van der Waals surface area contributed by atoms with Crippen LogP contribution in [0.1, 0.15) is 89.2 Å². The van der Waals surface area contributed by atoms with Gasteiger partial charge >= 0.3 is 0 Å². The van der Waals surface area contributed by atoms with Gasteiger partial charge in [0.1, 0.15) is 0 Å². The Bertz CT molecular complexity index is 697. The molecule has 0 saturated heterocycles. The highest BCUT2D eigenvalue weighted by atomic mass is 14.6. The van der Waals surface area contributed by atoms with E-state index in [1.807, 2.05) is 6.20 Å². The molecule has 1 heterocycles. The van der Waals surface area contributed by atoms with Crippen LogP contribution in [0.5, 0.6) is 0 Å². The van der Waals surface area contributed by atoms with Crippen molar-refractivity contribution in [1.29, 1.82) is 0 Å². The highest BCUT2D eigenvalue weighted by Gasteiger charge is 2.27. The molecule has 2 aromatic rings. The summed E-state index contributed by atoms with van der Waals surface area (Å²) in [6.45, 7) is 7.05. The van der Waals surface area contributed by atoms with Crippen molar-refractivity contribution in [3.63, 3.8) is 0 Å². The minimum atomic E-state index is 0.593. The Morgan fingerprint density at radius 1 is 0.963 bits per heavy atom. The SMILES string of the molecule is CCCCc1ccccc1-c1ccncc1C(C)C1CCC(CCC)CC1. The van der Waals surface area contributed by atoms with Crippen LogP contribution in [-0.2, 0) is 6.42 Å². The first-order chi connectivity index (χ1) is 13.2. The summed E-state index contributed by atoms with van der Waals surface area (Å²) in [5.74, 6) is 2.38. The number of rotatable bonds is 8. The van der Waals surface area contributed by atoms with Crippen molar-refractivity contribution in [3.05, 3.63) is 53.9 Å². The largest absolute Gasteiger partial charge is 0.264 e. The minimum Gasteiger partial charge on any atom is -0.264 e. The standard InChI is InChI=1S/C26H37N/c1-4-6-10-23-11-7-8-12-24(23)25-17-18-27-19-26(25)20(3)22-15-13-21(9-5-2)14-16-22/h7-8,11-12,17-22H,4-6,9-10,13-16H2,1-3H3. The molecule has 1 fully saturated rings. The van der Waals surface area contributed by atoms with Gasteiger partial charge in [0.05, 0.1) is 0 Å². The van der Waals surface area contributed by atoms with E-state index in [-0.39, 0.29) is 0 Å². The molecule has 1 aliphatic rings. The van der Waals surface area contributed by atoms with Crippen LogP contribution in [-0.4, -0.2) is 4.98 Å². The monoisotopic (exact) mass is 363 g/mol. The number of benzene rings is 1. The molecule has 0 N–H and O–H groups in total. The van der Waals surface area contributed by atoms with Crippen molar-refractivity contribution in [2.45, 2.75) is 84.5 Å². The van der Waals surface area contributed by atoms with E-state index >= 15 is 0 Å². The van der Waals surface area contributed by atoms with Crippen LogP contribution in [0.15, 0.2) is 42.7 Å². The summed E-state index contributed by atoms with van der Waals surface area (Å²) in [5.41, 5.74) is 5.79. The van der Waals surface area contributed by atoms with Gasteiger partial charge in [-0.25, -0.2) is 0 Å². The molecule has 1 heteroatoms. The summed E-state index contributed by atoms with van der Waals surface area (Å²) >= 11 is 0. The molecule has 1 saturated carbocycles. The van der Waals surface area contributed by atoms with Crippen molar-refractivity contribution >= 4 is 0 Å². The Balaban J connectivity index is 1.83. The van der Waals surface area contributed by atoms with Crippen LogP contribution in [0.2, 0.25) is 0 Å². The van der Waals surface area contributed by atoms with Gasteiger partial charge in [-0.1, -0.05) is 77.1 Å². The Kier molecular flexibility index (Phi) is 7.50. The summed E-state index contributed by atoms with van der Waals surface area (Å²) in [4.78, 5) is 4.52. The summed E-state index contributed by atoms with van der Waals surface area (Å²) < 4.78 is 0. The lowest BCUT2D eigenvalue weighted by molar-refractivity contribution is 0.239. The normalized spacial score (nSPS) is 21.1. The molecule has 1 aliphatic carbocycles. The molecule has 146 valence electrons. The van der Waals surface area contributed by atoms with E-state index in [9.17, 15) is 0 Å². The van der Waals surface area contributed by atoms with Crippen molar-refractivity contribution in [2.75, 3.05) is 0 Å². The maximum Gasteiger partial charge on any atom is 0.0308 e. The molecule has 0 aliphatic heterocycles. The molecule has 1 nitrogen and oxygen atoms in total. The van der Waals surface area contributed by atoms with Gasteiger partial charge in [0.2, 0.25) is 0 Å². The Hall–Kier alpha value is -1.63. The summed E-state index contributed by atoms with van der Waals surface area (Å²) in [6, 6.07) is 11.3. The smallest absolute Gasteiger partial charge is 0.0308 e. The number of nitrogens with zero attached hydrogens (tertiary/aromatic N) is 1. The van der Waals surface area contributed by atoms with Gasteiger partial charge in [-0.3, -0.25) is 4.98 Å². The third-order valence-electron chi connectivity index (χ3n) is 6.75. The zero-order valence-electron chi connectivity index (χ0n) is 17.6. The fraction of sp³-hybridized carbons (Fsp3) is 0.577. The van der Waals surface area contributed by atoms with Crippen molar-refractivity contribution < 1.29 is 0 Å². The quantitative estimate of drug-likeness (QED) is 0.466. The van der Waals surface area contributed by atoms with Gasteiger partial charge in [-0.05, 0) is 71.8 Å². The second-order valence-electron chi connectivity index (χ2n) is 8.58. The molecular weight excluding hydrogens is 326 g/mol. The molecule has 1 aromatic heterocycles. The van der Waals surface area contributed by atoms with Crippen LogP contribution in [0.3, 0.4) is 0 Å². The molecule has 27 heavy (non-hydrogen) atoms. The summed E-state index contributed by atoms with van der Waals surface area (Å²) in [7, 11) is 0. The van der Waals surface area contributed by atoms with Gasteiger partial charge in [-0.2, -0.15) is 0 Å². The number of unbranched alkanes of at least 4 members (excludes halogenated alkanes) is 1. The van der Waals surface area contributed by atoms with E-state index in [0.29, 0.717) is 5.92 Å². The number of pyridine rings is 1. The van der Waals surface area contributed by atoms with Crippen molar-refractivity contribution in [2.24, 2.45) is 11.8 Å². The first kappa shape index (κ1) is 20.1. The Morgan fingerprint density at radius 3 is 2.48 bits per heavy atom. The maximum absolute atomic E-state index is 4.52. The van der Waals surface area contributed by atoms with Gasteiger partial charge in [0.15, 0.2) is 0 Å². The van der Waals surface area contributed by atoms with Gasteiger partial charge in [0, 0.05) is 12.4 Å². The molecule has 0 bridgehead atoms. The van der Waals surface area contributed by atoms with Gasteiger partial charge < -0.3 is 0 Å². The number of aromatic nitrogens is 1. The van der Waals surface area contributed by atoms with E-state index in [1.165, 1.54) is 80.0 Å². The second-order valence-corrected chi connectivity index (χ2v) is 8.58. The van der Waals surface area contributed by atoms with Crippen LogP contribution in [0.25, 0.3) is 11.1 Å². The van der Waals surface area contributed by atoms with E-state index < -0.39 is 0 Å². The van der Waals surface area contributed by atoms with E-state index in [1.54, 1.807) is 0 Å². The lowest BCUT2D eigenvalue weighted by atomic mass is 9.72. The summed E-state index contributed by atoms with van der Waals surface area (Å²) in [6.07, 6.45) is 16.2. The highest BCUT2D eigenvalue weighted by molar-refractivity contribution is 5.71. The topological polar surface area (TPSA) is 12.9 Å². The number of hydrogen-bond donors (Lipinski definition) is 0. The van der Waals surface area contributed by atoms with E-state index in [0.717, 1.165) is 11.8 Å². The first-order valence-corrected chi connectivity index (χ1v) is 11.3. The fourth-order valence-corrected chi connectivity index (χ4v) is 5.02. The lowest BCUT2D eigenvalue weighted by Crippen LogP contribution is -2.19.